The number of hydrogen-bond donors (Lipinski definition) is 6. The first-order valence-corrected chi connectivity index (χ1v) is 12.1. The lowest BCUT2D eigenvalue weighted by atomic mass is 9.97. The summed E-state index contributed by atoms with van der Waals surface area (Å²) in [7, 11) is -17.4. The minimum Gasteiger partial charge on any atom is -0.384 e. The van der Waals surface area contributed by atoms with E-state index in [-0.39, 0.29) is 0 Å². The van der Waals surface area contributed by atoms with Crippen molar-refractivity contribution < 1.29 is 65.0 Å². The molecule has 1 aliphatic rings. The van der Waals surface area contributed by atoms with Crippen LogP contribution in [0.3, 0.4) is 0 Å². The van der Waals surface area contributed by atoms with E-state index in [0.717, 1.165) is 6.07 Å². The molecule has 0 aliphatic carbocycles. The molecule has 0 spiro atoms. The normalized spacial score (nSPS) is 33.0. The van der Waals surface area contributed by atoms with Crippen LogP contribution in [-0.4, -0.2) is 58.5 Å². The molecule has 0 bridgehead atoms. The third-order valence-electron chi connectivity index (χ3n) is 3.68. The Hall–Kier alpha value is -1.13. The van der Waals surface area contributed by atoms with Crippen molar-refractivity contribution in [2.24, 2.45) is 0 Å². The van der Waals surface area contributed by atoms with Crippen molar-refractivity contribution in [2.75, 3.05) is 6.61 Å². The number of nitrogens with one attached hydrogen (secondary N) is 1. The van der Waals surface area contributed by atoms with E-state index in [1.807, 2.05) is 0 Å². The fourth-order valence-corrected chi connectivity index (χ4v) is 5.48. The highest BCUT2D eigenvalue weighted by atomic mass is 31.3. The van der Waals surface area contributed by atoms with Crippen LogP contribution in [0.2, 0.25) is 0 Å². The topological polar surface area (TPSA) is 244 Å². The summed E-state index contributed by atoms with van der Waals surface area (Å²) < 4.78 is 79.2. The number of phosphoric ester groups is 1. The molecule has 1 aromatic heterocycles. The summed E-state index contributed by atoms with van der Waals surface area (Å²) in [6.07, 6.45) is -4.29. The zero-order valence-corrected chi connectivity index (χ0v) is 17.7. The summed E-state index contributed by atoms with van der Waals surface area (Å²) in [5.74, 6) is -3.66. The molecular formula is C10H15F2N2O14P3. The van der Waals surface area contributed by atoms with E-state index in [9.17, 15) is 42.1 Å². The number of phosphoric acid groups is 3. The summed E-state index contributed by atoms with van der Waals surface area (Å²) >= 11 is 0. The fourth-order valence-electron chi connectivity index (χ4n) is 2.45. The first-order valence-electron chi connectivity index (χ1n) is 7.62. The number of rotatable bonds is 8. The molecule has 0 amide bonds. The quantitative estimate of drug-likeness (QED) is 0.230. The average Bonchev–Trinajstić information content (AvgIpc) is 2.71. The lowest BCUT2D eigenvalue weighted by Gasteiger charge is -2.25. The van der Waals surface area contributed by atoms with Gasteiger partial charge in [-0.05, 0) is 6.92 Å². The van der Waals surface area contributed by atoms with Crippen LogP contribution < -0.4 is 11.2 Å². The third kappa shape index (κ3) is 6.22. The molecule has 3 unspecified atom stereocenters. The van der Waals surface area contributed by atoms with Crippen molar-refractivity contribution in [1.29, 1.82) is 0 Å². The summed E-state index contributed by atoms with van der Waals surface area (Å²) in [5.41, 5.74) is -5.23. The second-order valence-electron chi connectivity index (χ2n) is 6.19. The number of alkyl halides is 2. The highest BCUT2D eigenvalue weighted by Gasteiger charge is 2.65. The maximum Gasteiger partial charge on any atom is 0.490 e. The van der Waals surface area contributed by atoms with E-state index in [1.54, 1.807) is 4.98 Å². The van der Waals surface area contributed by atoms with Gasteiger partial charge in [-0.15, -0.1) is 0 Å². The van der Waals surface area contributed by atoms with Gasteiger partial charge in [0.2, 0.25) is 0 Å². The Balaban J connectivity index is 2.22. The molecule has 16 nitrogen and oxygen atoms in total. The van der Waals surface area contributed by atoms with Crippen LogP contribution in [0, 0.1) is 0 Å². The minimum atomic E-state index is -5.91. The van der Waals surface area contributed by atoms with Gasteiger partial charge in [0.1, 0.15) is 6.61 Å². The molecular weight excluding hydrogens is 503 g/mol. The van der Waals surface area contributed by atoms with Gasteiger partial charge in [0.25, 0.3) is 11.4 Å². The SMILES string of the molecule is C[C@]1(F)C(n2ccc(=O)[nH]c2=O)O[C@](F)(COP(=O)(O)OP(=O)(O)OP(=O)(O)O)[C@H]1O. The predicted octanol–water partition coefficient (Wildman–Crippen LogP) is -0.836. The Morgan fingerprint density at radius 2 is 1.74 bits per heavy atom. The Kier molecular flexibility index (Phi) is 7.02. The highest BCUT2D eigenvalue weighted by Crippen LogP contribution is 2.66. The van der Waals surface area contributed by atoms with Crippen molar-refractivity contribution in [3.05, 3.63) is 33.1 Å². The van der Waals surface area contributed by atoms with Gasteiger partial charge < -0.3 is 29.4 Å². The lowest BCUT2D eigenvalue weighted by molar-refractivity contribution is -0.204. The molecule has 6 N–H and O–H groups in total. The monoisotopic (exact) mass is 518 g/mol. The molecule has 178 valence electrons. The second-order valence-corrected chi connectivity index (χ2v) is 10.6. The third-order valence-corrected chi connectivity index (χ3v) is 7.46. The Morgan fingerprint density at radius 3 is 2.26 bits per heavy atom. The molecule has 1 fully saturated rings. The number of aliphatic hydroxyl groups excluding tert-OH is 1. The first kappa shape index (κ1) is 26.1. The molecule has 0 aromatic carbocycles. The molecule has 1 aromatic rings. The minimum absolute atomic E-state index is 0.358. The molecule has 2 rings (SSSR count). The molecule has 21 heteroatoms. The summed E-state index contributed by atoms with van der Waals surface area (Å²) in [4.78, 5) is 59.9. The van der Waals surface area contributed by atoms with Gasteiger partial charge >= 0.3 is 29.2 Å². The van der Waals surface area contributed by atoms with Crippen LogP contribution >= 0.6 is 23.5 Å². The van der Waals surface area contributed by atoms with Crippen molar-refractivity contribution in [3.8, 4) is 0 Å². The van der Waals surface area contributed by atoms with E-state index >= 15 is 0 Å². The smallest absolute Gasteiger partial charge is 0.384 e. The molecule has 31 heavy (non-hydrogen) atoms. The van der Waals surface area contributed by atoms with E-state index < -0.39 is 65.2 Å². The highest BCUT2D eigenvalue weighted by molar-refractivity contribution is 7.66. The van der Waals surface area contributed by atoms with Gasteiger partial charge in [-0.3, -0.25) is 18.9 Å². The van der Waals surface area contributed by atoms with Crippen LogP contribution in [0.15, 0.2) is 21.9 Å². The summed E-state index contributed by atoms with van der Waals surface area (Å²) in [6, 6.07) is 0.748. The number of aromatic nitrogens is 2. The predicted molar refractivity (Wildman–Crippen MR) is 90.6 cm³/mol. The van der Waals surface area contributed by atoms with Crippen LogP contribution in [0.5, 0.6) is 0 Å². The molecule has 6 atom stereocenters. The van der Waals surface area contributed by atoms with Gasteiger partial charge in [-0.1, -0.05) is 0 Å². The Morgan fingerprint density at radius 1 is 1.16 bits per heavy atom. The fraction of sp³-hybridized carbons (Fsp3) is 0.600. The van der Waals surface area contributed by atoms with Gasteiger partial charge in [0, 0.05) is 12.3 Å². The number of aromatic amines is 1. The van der Waals surface area contributed by atoms with Crippen molar-refractivity contribution >= 4 is 23.5 Å². The van der Waals surface area contributed by atoms with Gasteiger partial charge in [0.05, 0.1) is 0 Å². The molecule has 0 radical (unpaired) electrons. The maximum absolute atomic E-state index is 15.0. The number of aliphatic hydroxyl groups is 1. The maximum atomic E-state index is 15.0. The largest absolute Gasteiger partial charge is 0.490 e. The molecule has 1 aliphatic heterocycles. The molecule has 2 heterocycles. The standard InChI is InChI=1S/C10H15F2N2O14P3/c1-9(11)6(16)10(12,26-7(9)14-3-2-5(15)13-8(14)17)4-25-30(21,22)28-31(23,24)27-29(18,19)20/h2-3,6-7,16H,4H2,1H3,(H,21,22)(H,23,24)(H,13,15,17)(H2,18,19,20)/t6-,7?,9+,10+/m0/s1. The zero-order chi connectivity index (χ0) is 24.0. The van der Waals surface area contributed by atoms with E-state index in [1.165, 1.54) is 0 Å². The molecule has 1 saturated heterocycles. The Bertz CT molecular complexity index is 1100. The van der Waals surface area contributed by atoms with Gasteiger partial charge in [0.15, 0.2) is 18.0 Å². The van der Waals surface area contributed by atoms with Crippen LogP contribution in [0.4, 0.5) is 8.78 Å². The molecule has 0 saturated carbocycles. The average molecular weight is 518 g/mol. The van der Waals surface area contributed by atoms with Gasteiger partial charge in [-0.2, -0.15) is 8.62 Å². The number of ether oxygens (including phenoxy) is 1. The van der Waals surface area contributed by atoms with E-state index in [0.29, 0.717) is 17.7 Å². The van der Waals surface area contributed by atoms with Crippen molar-refractivity contribution in [1.82, 2.24) is 9.55 Å². The first-order chi connectivity index (χ1) is 13.8. The lowest BCUT2D eigenvalue weighted by Crippen LogP contribution is -2.47. The van der Waals surface area contributed by atoms with E-state index in [2.05, 4.69) is 17.9 Å². The number of halogens is 2. The summed E-state index contributed by atoms with van der Waals surface area (Å²) in [5, 5.41) is 9.95. The van der Waals surface area contributed by atoms with Crippen LogP contribution in [0.25, 0.3) is 0 Å². The second kappa shape index (κ2) is 8.33. The van der Waals surface area contributed by atoms with Crippen molar-refractivity contribution in [2.45, 2.75) is 30.8 Å². The van der Waals surface area contributed by atoms with Gasteiger partial charge in [-0.25, -0.2) is 27.3 Å². The van der Waals surface area contributed by atoms with Crippen LogP contribution in [-0.2, 0) is 31.6 Å². The van der Waals surface area contributed by atoms with E-state index in [4.69, 9.17) is 14.7 Å². The van der Waals surface area contributed by atoms with Crippen molar-refractivity contribution in [3.63, 3.8) is 0 Å². The van der Waals surface area contributed by atoms with Crippen LogP contribution in [0.1, 0.15) is 13.2 Å². The Labute approximate surface area is 169 Å². The number of H-pyrrole nitrogens is 1. The summed E-state index contributed by atoms with van der Waals surface area (Å²) in [6.45, 7) is -1.25. The number of hydrogen-bond acceptors (Lipinski definition) is 10. The zero-order valence-electron chi connectivity index (χ0n) is 15.0. The number of nitrogens with zero attached hydrogens (tertiary/aromatic N) is 1.